The molecule has 3 rings (SSSR count). The summed E-state index contributed by atoms with van der Waals surface area (Å²) in [6, 6.07) is 8.64. The van der Waals surface area contributed by atoms with E-state index >= 15 is 0 Å². The molecule has 1 unspecified atom stereocenters. The number of halogens is 1. The molecule has 0 spiro atoms. The summed E-state index contributed by atoms with van der Waals surface area (Å²) >= 11 is 0. The maximum absolute atomic E-state index is 13.1. The van der Waals surface area contributed by atoms with Gasteiger partial charge in [-0.15, -0.1) is 0 Å². The lowest BCUT2D eigenvalue weighted by Crippen LogP contribution is -2.24. The van der Waals surface area contributed by atoms with Gasteiger partial charge in [0.2, 0.25) is 23.4 Å². The summed E-state index contributed by atoms with van der Waals surface area (Å²) in [4.78, 5) is 16.6. The smallest absolute Gasteiger partial charge is 0.249 e. The zero-order valence-corrected chi connectivity index (χ0v) is 17.5. The van der Waals surface area contributed by atoms with E-state index in [4.69, 9.17) is 18.7 Å². The van der Waals surface area contributed by atoms with Crippen molar-refractivity contribution in [2.45, 2.75) is 13.0 Å². The predicted molar refractivity (Wildman–Crippen MR) is 111 cm³/mol. The average molecular weight is 427 g/mol. The van der Waals surface area contributed by atoms with E-state index in [0.29, 0.717) is 34.2 Å². The van der Waals surface area contributed by atoms with Crippen LogP contribution in [-0.4, -0.2) is 37.4 Å². The topological polar surface area (TPSA) is 95.7 Å². The molecule has 0 radical (unpaired) electrons. The Kier molecular flexibility index (Phi) is 6.86. The average Bonchev–Trinajstić information content (AvgIpc) is 3.27. The summed E-state index contributed by atoms with van der Waals surface area (Å²) in [6.45, 7) is 1.72. The number of aromatic nitrogens is 2. The molecule has 0 saturated heterocycles. The Balaban J connectivity index is 1.68. The van der Waals surface area contributed by atoms with Gasteiger partial charge in [-0.25, -0.2) is 4.39 Å². The van der Waals surface area contributed by atoms with Gasteiger partial charge in [0.25, 0.3) is 0 Å². The number of nitrogens with zero attached hydrogens (tertiary/aromatic N) is 2. The zero-order chi connectivity index (χ0) is 22.4. The van der Waals surface area contributed by atoms with Crippen molar-refractivity contribution in [2.24, 2.45) is 0 Å². The van der Waals surface area contributed by atoms with Gasteiger partial charge in [-0.1, -0.05) is 5.16 Å². The number of amides is 1. The highest BCUT2D eigenvalue weighted by Gasteiger charge is 2.17. The molecule has 1 amide bonds. The third-order valence-electron chi connectivity index (χ3n) is 4.39. The molecule has 0 aliphatic carbocycles. The molecule has 9 heteroatoms. The van der Waals surface area contributed by atoms with E-state index in [1.807, 2.05) is 0 Å². The van der Waals surface area contributed by atoms with Gasteiger partial charge < -0.3 is 24.1 Å². The van der Waals surface area contributed by atoms with Gasteiger partial charge in [0.1, 0.15) is 11.9 Å². The number of hydrogen-bond acceptors (Lipinski definition) is 7. The molecule has 2 aromatic carbocycles. The number of carbonyl (C=O) groups is 1. The summed E-state index contributed by atoms with van der Waals surface area (Å²) in [5, 5.41) is 6.63. The lowest BCUT2D eigenvalue weighted by molar-refractivity contribution is -0.117. The van der Waals surface area contributed by atoms with E-state index in [2.05, 4.69) is 15.5 Å². The number of methoxy groups -OCH3 is 3. The number of rotatable bonds is 8. The van der Waals surface area contributed by atoms with Gasteiger partial charge in [-0.05, 0) is 55.0 Å². The Bertz CT molecular complexity index is 1050. The summed E-state index contributed by atoms with van der Waals surface area (Å²) in [7, 11) is 4.55. The second-order valence-corrected chi connectivity index (χ2v) is 6.49. The standard InChI is InChI=1S/C22H22FN3O5/c1-13(22-25-21(26-31-22)15-6-8-16(23)9-7-15)24-19(27)10-5-14-11-17(28-2)20(30-4)18(12-14)29-3/h5-13H,1-4H3,(H,24,27)/b10-5+. The van der Waals surface area contributed by atoms with Crippen LogP contribution >= 0.6 is 0 Å². The molecule has 3 aromatic rings. The van der Waals surface area contributed by atoms with Crippen molar-refractivity contribution < 1.29 is 27.9 Å². The number of nitrogens with one attached hydrogen (secondary N) is 1. The molecule has 0 saturated carbocycles. The molecule has 1 heterocycles. The highest BCUT2D eigenvalue weighted by molar-refractivity contribution is 5.92. The van der Waals surface area contributed by atoms with E-state index in [0.717, 1.165) is 0 Å². The van der Waals surface area contributed by atoms with Gasteiger partial charge >= 0.3 is 0 Å². The van der Waals surface area contributed by atoms with Gasteiger partial charge in [0.15, 0.2) is 11.5 Å². The van der Waals surface area contributed by atoms with Crippen LogP contribution in [0.2, 0.25) is 0 Å². The van der Waals surface area contributed by atoms with Crippen molar-refractivity contribution >= 4 is 12.0 Å². The van der Waals surface area contributed by atoms with Gasteiger partial charge in [-0.2, -0.15) is 4.98 Å². The monoisotopic (exact) mass is 427 g/mol. The van der Waals surface area contributed by atoms with Gasteiger partial charge in [0, 0.05) is 11.6 Å². The van der Waals surface area contributed by atoms with E-state index in [1.165, 1.54) is 39.5 Å². The molecule has 0 aliphatic heterocycles. The van der Waals surface area contributed by atoms with Crippen LogP contribution in [0.25, 0.3) is 17.5 Å². The van der Waals surface area contributed by atoms with E-state index < -0.39 is 6.04 Å². The second-order valence-electron chi connectivity index (χ2n) is 6.49. The molecular formula is C22H22FN3O5. The Morgan fingerprint density at radius 1 is 1.10 bits per heavy atom. The van der Waals surface area contributed by atoms with E-state index in [9.17, 15) is 9.18 Å². The molecule has 8 nitrogen and oxygen atoms in total. The first-order chi connectivity index (χ1) is 14.9. The molecular weight excluding hydrogens is 405 g/mol. The SMILES string of the molecule is COc1cc(/C=C/C(=O)NC(C)c2nc(-c3ccc(F)cc3)no2)cc(OC)c1OC. The first-order valence-electron chi connectivity index (χ1n) is 9.33. The van der Waals surface area contributed by atoms with Crippen molar-refractivity contribution in [3.63, 3.8) is 0 Å². The highest BCUT2D eigenvalue weighted by Crippen LogP contribution is 2.38. The molecule has 0 bridgehead atoms. The number of benzene rings is 2. The fourth-order valence-electron chi connectivity index (χ4n) is 2.82. The third kappa shape index (κ3) is 5.19. The Hall–Kier alpha value is -3.88. The molecule has 31 heavy (non-hydrogen) atoms. The van der Waals surface area contributed by atoms with Crippen LogP contribution < -0.4 is 19.5 Å². The summed E-state index contributed by atoms with van der Waals surface area (Å²) < 4.78 is 34.2. The quantitative estimate of drug-likeness (QED) is 0.547. The third-order valence-corrected chi connectivity index (χ3v) is 4.39. The van der Waals surface area contributed by atoms with Crippen LogP contribution in [0.4, 0.5) is 4.39 Å². The minimum absolute atomic E-state index is 0.230. The Morgan fingerprint density at radius 3 is 2.32 bits per heavy atom. The van der Waals surface area contributed by atoms with Crippen LogP contribution in [0.5, 0.6) is 17.2 Å². The van der Waals surface area contributed by atoms with E-state index in [-0.39, 0.29) is 17.6 Å². The fourth-order valence-corrected chi connectivity index (χ4v) is 2.82. The van der Waals surface area contributed by atoms with Gasteiger partial charge in [0.05, 0.1) is 21.3 Å². The molecule has 1 N–H and O–H groups in total. The van der Waals surface area contributed by atoms with Crippen molar-refractivity contribution in [3.8, 4) is 28.6 Å². The second kappa shape index (κ2) is 9.75. The highest BCUT2D eigenvalue weighted by atomic mass is 19.1. The minimum Gasteiger partial charge on any atom is -0.493 e. The first-order valence-corrected chi connectivity index (χ1v) is 9.33. The maximum Gasteiger partial charge on any atom is 0.249 e. The normalized spacial score (nSPS) is 11.9. The molecule has 0 aliphatic rings. The van der Waals surface area contributed by atoms with Crippen LogP contribution in [0, 0.1) is 5.82 Å². The lowest BCUT2D eigenvalue weighted by atomic mass is 10.1. The molecule has 1 atom stereocenters. The van der Waals surface area contributed by atoms with E-state index in [1.54, 1.807) is 37.3 Å². The largest absolute Gasteiger partial charge is 0.493 e. The van der Waals surface area contributed by atoms with Crippen molar-refractivity contribution in [3.05, 3.63) is 59.7 Å². The zero-order valence-electron chi connectivity index (χ0n) is 17.5. The summed E-state index contributed by atoms with van der Waals surface area (Å²) in [6.07, 6.45) is 2.98. The summed E-state index contributed by atoms with van der Waals surface area (Å²) in [5.41, 5.74) is 1.30. The number of hydrogen-bond donors (Lipinski definition) is 1. The number of ether oxygens (including phenoxy) is 3. The van der Waals surface area contributed by atoms with Crippen LogP contribution in [0.3, 0.4) is 0 Å². The maximum atomic E-state index is 13.1. The molecule has 0 fully saturated rings. The fraction of sp³-hybridized carbons (Fsp3) is 0.227. The van der Waals surface area contributed by atoms with Crippen molar-refractivity contribution in [1.29, 1.82) is 0 Å². The molecule has 162 valence electrons. The van der Waals surface area contributed by atoms with Crippen molar-refractivity contribution in [2.75, 3.05) is 21.3 Å². The van der Waals surface area contributed by atoms with Crippen LogP contribution in [0.1, 0.15) is 24.4 Å². The number of carbonyl (C=O) groups excluding carboxylic acids is 1. The molecule has 1 aromatic heterocycles. The summed E-state index contributed by atoms with van der Waals surface area (Å²) in [5.74, 6) is 1.25. The Labute approximate surface area is 178 Å². The first kappa shape index (κ1) is 21.8. The van der Waals surface area contributed by atoms with Crippen LogP contribution in [0.15, 0.2) is 47.0 Å². The Morgan fingerprint density at radius 2 is 1.74 bits per heavy atom. The van der Waals surface area contributed by atoms with Crippen molar-refractivity contribution in [1.82, 2.24) is 15.5 Å². The lowest BCUT2D eigenvalue weighted by Gasteiger charge is -2.13. The predicted octanol–water partition coefficient (Wildman–Crippen LogP) is 3.79. The minimum atomic E-state index is -0.529. The van der Waals surface area contributed by atoms with Crippen LogP contribution in [-0.2, 0) is 4.79 Å². The van der Waals surface area contributed by atoms with Gasteiger partial charge in [-0.3, -0.25) is 4.79 Å².